The van der Waals surface area contributed by atoms with Gasteiger partial charge < -0.3 is 19.2 Å². The normalized spacial score (nSPS) is 18.0. The van der Waals surface area contributed by atoms with Gasteiger partial charge in [-0.05, 0) is 95.3 Å². The Bertz CT molecular complexity index is 1730. The molecule has 41 heavy (non-hydrogen) atoms. The molecule has 5 nitrogen and oxygen atoms in total. The first kappa shape index (κ1) is 25.9. The van der Waals surface area contributed by atoms with E-state index in [1.807, 2.05) is 42.5 Å². The molecule has 2 aliphatic rings. The number of aromatic nitrogens is 1. The fraction of sp³-hybridized carbons (Fsp3) is 0.235. The van der Waals surface area contributed by atoms with Crippen molar-refractivity contribution in [2.45, 2.75) is 31.5 Å². The highest BCUT2D eigenvalue weighted by Crippen LogP contribution is 2.50. The van der Waals surface area contributed by atoms with E-state index in [4.69, 9.17) is 25.8 Å². The van der Waals surface area contributed by atoms with Crippen molar-refractivity contribution in [2.75, 3.05) is 20.8 Å². The highest BCUT2D eigenvalue weighted by Gasteiger charge is 2.41. The van der Waals surface area contributed by atoms with E-state index in [2.05, 4.69) is 34.1 Å². The average molecular weight is 569 g/mol. The lowest BCUT2D eigenvalue weighted by Gasteiger charge is -2.46. The van der Waals surface area contributed by atoms with Gasteiger partial charge in [0.15, 0.2) is 11.5 Å². The molecule has 2 aliphatic heterocycles. The van der Waals surface area contributed by atoms with Crippen LogP contribution >= 0.6 is 11.6 Å². The van der Waals surface area contributed by atoms with E-state index in [1.54, 1.807) is 26.4 Å². The highest BCUT2D eigenvalue weighted by molar-refractivity contribution is 6.30. The summed E-state index contributed by atoms with van der Waals surface area (Å²) < 4.78 is 31.7. The monoisotopic (exact) mass is 568 g/mol. The summed E-state index contributed by atoms with van der Waals surface area (Å²) >= 11 is 6.07. The third kappa shape index (κ3) is 4.61. The first-order chi connectivity index (χ1) is 20.0. The highest BCUT2D eigenvalue weighted by atomic mass is 35.5. The van der Waals surface area contributed by atoms with Gasteiger partial charge >= 0.3 is 0 Å². The van der Waals surface area contributed by atoms with E-state index in [0.29, 0.717) is 17.4 Å². The standard InChI is InChI=1S/C34H30ClFN2O3/c1-39-25-11-12-29-27(16-25)28-17-30-26-18-32(41-19-20-3-7-23(35)8-4-20)31(40-2)15-22(26)13-14-38(30)34(33(28)37-29)21-5-9-24(36)10-6-21/h3-12,15-16,18,30,34,37H,13-14,17,19H2,1-2H3. The molecular formula is C34H30ClFN2O3. The summed E-state index contributed by atoms with van der Waals surface area (Å²) in [6.07, 6.45) is 1.71. The van der Waals surface area contributed by atoms with Crippen LogP contribution in [0.3, 0.4) is 0 Å². The van der Waals surface area contributed by atoms with E-state index in [-0.39, 0.29) is 17.9 Å². The number of ether oxygens (including phenoxy) is 3. The van der Waals surface area contributed by atoms with E-state index in [0.717, 1.165) is 58.6 Å². The average Bonchev–Trinajstić information content (AvgIpc) is 3.37. The molecule has 0 fully saturated rings. The Kier molecular flexibility index (Phi) is 6.60. The van der Waals surface area contributed by atoms with Crippen molar-refractivity contribution in [2.24, 2.45) is 0 Å². The molecule has 1 aromatic heterocycles. The molecule has 2 unspecified atom stereocenters. The van der Waals surface area contributed by atoms with Gasteiger partial charge in [-0.15, -0.1) is 0 Å². The maximum atomic E-state index is 14.0. The molecular weight excluding hydrogens is 539 g/mol. The van der Waals surface area contributed by atoms with Crippen LogP contribution in [0.25, 0.3) is 10.9 Å². The number of halogens is 2. The maximum Gasteiger partial charge on any atom is 0.162 e. The topological polar surface area (TPSA) is 46.7 Å². The molecule has 2 atom stereocenters. The van der Waals surface area contributed by atoms with Crippen LogP contribution < -0.4 is 14.2 Å². The number of methoxy groups -OCH3 is 2. The Hall–Kier alpha value is -4.00. The van der Waals surface area contributed by atoms with Crippen LogP contribution in [0.5, 0.6) is 17.2 Å². The second-order valence-electron chi connectivity index (χ2n) is 10.7. The minimum Gasteiger partial charge on any atom is -0.497 e. The number of aromatic amines is 1. The fourth-order valence-electron chi connectivity index (χ4n) is 6.47. The summed E-state index contributed by atoms with van der Waals surface area (Å²) in [6.45, 7) is 1.28. The summed E-state index contributed by atoms with van der Waals surface area (Å²) in [5.74, 6) is 2.04. The summed E-state index contributed by atoms with van der Waals surface area (Å²) in [5, 5.41) is 1.86. The zero-order valence-electron chi connectivity index (χ0n) is 22.9. The fourth-order valence-corrected chi connectivity index (χ4v) is 6.60. The van der Waals surface area contributed by atoms with Crippen LogP contribution in [0.15, 0.2) is 78.9 Å². The molecule has 0 saturated carbocycles. The number of hydrogen-bond donors (Lipinski definition) is 1. The van der Waals surface area contributed by atoms with Crippen molar-refractivity contribution in [3.8, 4) is 17.2 Å². The number of hydrogen-bond acceptors (Lipinski definition) is 4. The Labute approximate surface area is 243 Å². The summed E-state index contributed by atoms with van der Waals surface area (Å²) in [4.78, 5) is 6.26. The second-order valence-corrected chi connectivity index (χ2v) is 11.1. The molecule has 0 radical (unpaired) electrons. The summed E-state index contributed by atoms with van der Waals surface area (Å²) in [6, 6.07) is 25.1. The number of benzene rings is 4. The first-order valence-electron chi connectivity index (χ1n) is 13.8. The number of fused-ring (bicyclic) bond motifs is 6. The van der Waals surface area contributed by atoms with Crippen LogP contribution in [-0.4, -0.2) is 30.6 Å². The second kappa shape index (κ2) is 10.4. The van der Waals surface area contributed by atoms with Crippen LogP contribution in [0, 0.1) is 5.82 Å². The van der Waals surface area contributed by atoms with Gasteiger partial charge in [0, 0.05) is 34.2 Å². The van der Waals surface area contributed by atoms with Gasteiger partial charge in [-0.3, -0.25) is 4.90 Å². The third-order valence-corrected chi connectivity index (χ3v) is 8.72. The molecule has 0 saturated heterocycles. The zero-order chi connectivity index (χ0) is 28.1. The predicted octanol–water partition coefficient (Wildman–Crippen LogP) is 7.80. The molecule has 0 aliphatic carbocycles. The van der Waals surface area contributed by atoms with Crippen molar-refractivity contribution < 1.29 is 18.6 Å². The lowest BCUT2D eigenvalue weighted by atomic mass is 9.80. The number of rotatable bonds is 6. The van der Waals surface area contributed by atoms with Gasteiger partial charge in [0.05, 0.1) is 20.3 Å². The number of nitrogens with zero attached hydrogens (tertiary/aromatic N) is 1. The van der Waals surface area contributed by atoms with Crippen LogP contribution in [-0.2, 0) is 19.4 Å². The molecule has 1 N–H and O–H groups in total. The maximum absolute atomic E-state index is 14.0. The van der Waals surface area contributed by atoms with Gasteiger partial charge in [0.1, 0.15) is 18.2 Å². The van der Waals surface area contributed by atoms with Gasteiger partial charge in [-0.2, -0.15) is 0 Å². The summed E-state index contributed by atoms with van der Waals surface area (Å²) in [5.41, 5.74) is 8.09. The van der Waals surface area contributed by atoms with Crippen LogP contribution in [0.1, 0.15) is 45.6 Å². The minimum absolute atomic E-state index is 0.0450. The van der Waals surface area contributed by atoms with Crippen molar-refractivity contribution in [3.63, 3.8) is 0 Å². The van der Waals surface area contributed by atoms with Gasteiger partial charge in [-0.1, -0.05) is 35.9 Å². The van der Waals surface area contributed by atoms with E-state index in [9.17, 15) is 4.39 Å². The Morgan fingerprint density at radius 2 is 1.73 bits per heavy atom. The van der Waals surface area contributed by atoms with E-state index in [1.165, 1.54) is 16.7 Å². The molecule has 7 rings (SSSR count). The molecule has 4 aromatic carbocycles. The Morgan fingerprint density at radius 1 is 0.927 bits per heavy atom. The molecule has 0 amide bonds. The minimum atomic E-state index is -0.235. The van der Waals surface area contributed by atoms with E-state index < -0.39 is 0 Å². The predicted molar refractivity (Wildman–Crippen MR) is 159 cm³/mol. The molecule has 7 heteroatoms. The largest absolute Gasteiger partial charge is 0.497 e. The van der Waals surface area contributed by atoms with E-state index >= 15 is 0 Å². The quantitative estimate of drug-likeness (QED) is 0.227. The number of nitrogens with one attached hydrogen (secondary N) is 1. The molecule has 0 spiro atoms. The van der Waals surface area contributed by atoms with Gasteiger partial charge in [-0.25, -0.2) is 4.39 Å². The first-order valence-corrected chi connectivity index (χ1v) is 14.2. The van der Waals surface area contributed by atoms with Gasteiger partial charge in [0.2, 0.25) is 0 Å². The lowest BCUT2D eigenvalue weighted by molar-refractivity contribution is 0.127. The third-order valence-electron chi connectivity index (χ3n) is 8.47. The molecule has 5 aromatic rings. The van der Waals surface area contributed by atoms with Crippen LogP contribution in [0.4, 0.5) is 4.39 Å². The van der Waals surface area contributed by atoms with Crippen molar-refractivity contribution in [1.82, 2.24) is 9.88 Å². The zero-order valence-corrected chi connectivity index (χ0v) is 23.7. The smallest absolute Gasteiger partial charge is 0.162 e. The summed E-state index contributed by atoms with van der Waals surface area (Å²) in [7, 11) is 3.38. The molecule has 0 bridgehead atoms. The molecule has 208 valence electrons. The Morgan fingerprint density at radius 3 is 2.49 bits per heavy atom. The molecule has 3 heterocycles. The SMILES string of the molecule is COc1ccc2[nH]c3c(c2c1)CC1c2cc(OCc4ccc(Cl)cc4)c(OC)cc2CCN1C3c1ccc(F)cc1. The van der Waals surface area contributed by atoms with Crippen molar-refractivity contribution >= 4 is 22.5 Å². The number of H-pyrrole nitrogens is 1. The Balaban J connectivity index is 1.33. The van der Waals surface area contributed by atoms with Crippen LogP contribution in [0.2, 0.25) is 5.02 Å². The lowest BCUT2D eigenvalue weighted by Crippen LogP contribution is -2.43. The van der Waals surface area contributed by atoms with Gasteiger partial charge in [0.25, 0.3) is 0 Å². The van der Waals surface area contributed by atoms with Crippen molar-refractivity contribution in [1.29, 1.82) is 0 Å². The van der Waals surface area contributed by atoms with Crippen molar-refractivity contribution in [3.05, 3.63) is 123 Å².